The highest BCUT2D eigenvalue weighted by atomic mass is 19.1. The molecule has 22 heavy (non-hydrogen) atoms. The second-order valence-electron chi connectivity index (χ2n) is 5.18. The highest BCUT2D eigenvalue weighted by molar-refractivity contribution is 5.94. The summed E-state index contributed by atoms with van der Waals surface area (Å²) in [6.07, 6.45) is 5.59. The van der Waals surface area contributed by atoms with Crippen molar-refractivity contribution < 1.29 is 9.18 Å². The molecule has 1 amide bonds. The van der Waals surface area contributed by atoms with Crippen molar-refractivity contribution in [3.63, 3.8) is 0 Å². The maximum Gasteiger partial charge on any atom is 0.254 e. The Hall–Kier alpha value is -2.50. The Labute approximate surface area is 128 Å². The second kappa shape index (κ2) is 6.51. The topological polar surface area (TPSA) is 49.3 Å². The number of carbonyl (C=O) groups is 1. The highest BCUT2D eigenvalue weighted by Gasteiger charge is 2.22. The Kier molecular flexibility index (Phi) is 4.27. The summed E-state index contributed by atoms with van der Waals surface area (Å²) >= 11 is 0. The molecule has 0 bridgehead atoms. The fourth-order valence-electron chi connectivity index (χ4n) is 2.62. The number of amides is 1. The first-order valence-corrected chi connectivity index (χ1v) is 7.30. The minimum atomic E-state index is -0.323. The lowest BCUT2D eigenvalue weighted by Gasteiger charge is -2.23. The predicted molar refractivity (Wildman–Crippen MR) is 81.2 cm³/mol. The van der Waals surface area contributed by atoms with E-state index < -0.39 is 0 Å². The van der Waals surface area contributed by atoms with Gasteiger partial charge in [-0.2, -0.15) is 0 Å². The first-order chi connectivity index (χ1) is 10.8. The maximum absolute atomic E-state index is 13.8. The lowest BCUT2D eigenvalue weighted by Crippen LogP contribution is -2.35. The van der Waals surface area contributed by atoms with E-state index in [9.17, 15) is 9.18 Å². The van der Waals surface area contributed by atoms with Crippen LogP contribution >= 0.6 is 0 Å². The molecule has 3 rings (SSSR count). The predicted octanol–water partition coefficient (Wildman–Crippen LogP) is 1.97. The van der Waals surface area contributed by atoms with Crippen molar-refractivity contribution in [3.8, 4) is 0 Å². The van der Waals surface area contributed by atoms with Gasteiger partial charge < -0.3 is 9.80 Å². The summed E-state index contributed by atoms with van der Waals surface area (Å²) in [4.78, 5) is 24.2. The summed E-state index contributed by atoms with van der Waals surface area (Å²) in [5.41, 5.74) is 0.632. The van der Waals surface area contributed by atoms with Crippen LogP contribution in [0.3, 0.4) is 0 Å². The summed E-state index contributed by atoms with van der Waals surface area (Å²) in [6.45, 7) is 2.47. The molecular formula is C16H17FN4O. The van der Waals surface area contributed by atoms with Gasteiger partial charge in [0.2, 0.25) is 0 Å². The molecule has 2 aromatic rings. The minimum Gasteiger partial charge on any atom is -0.352 e. The van der Waals surface area contributed by atoms with Gasteiger partial charge in [0, 0.05) is 50.3 Å². The number of aromatic nitrogens is 2. The fraction of sp³-hybridized carbons (Fsp3) is 0.312. The number of hydrogen-bond donors (Lipinski definition) is 0. The van der Waals surface area contributed by atoms with Gasteiger partial charge in [0.05, 0.1) is 0 Å². The Balaban J connectivity index is 1.70. The van der Waals surface area contributed by atoms with E-state index in [2.05, 4.69) is 9.97 Å². The molecule has 5 nitrogen and oxygen atoms in total. The summed E-state index contributed by atoms with van der Waals surface area (Å²) in [7, 11) is 0. The van der Waals surface area contributed by atoms with Gasteiger partial charge in [0.1, 0.15) is 0 Å². The van der Waals surface area contributed by atoms with Gasteiger partial charge in [-0.05, 0) is 30.7 Å². The number of pyridine rings is 2. The third kappa shape index (κ3) is 3.05. The number of carbonyl (C=O) groups excluding carboxylic acids is 1. The summed E-state index contributed by atoms with van der Waals surface area (Å²) in [6, 6.07) is 6.41. The Morgan fingerprint density at radius 3 is 2.64 bits per heavy atom. The molecule has 1 aliphatic rings. The molecular weight excluding hydrogens is 283 g/mol. The van der Waals surface area contributed by atoms with Gasteiger partial charge in [0.15, 0.2) is 11.6 Å². The Morgan fingerprint density at radius 2 is 1.86 bits per heavy atom. The lowest BCUT2D eigenvalue weighted by atomic mass is 10.2. The highest BCUT2D eigenvalue weighted by Crippen LogP contribution is 2.18. The minimum absolute atomic E-state index is 0.00857. The summed E-state index contributed by atoms with van der Waals surface area (Å²) in [5, 5.41) is 0. The van der Waals surface area contributed by atoms with E-state index in [4.69, 9.17) is 0 Å². The van der Waals surface area contributed by atoms with E-state index in [1.165, 1.54) is 6.07 Å². The lowest BCUT2D eigenvalue weighted by molar-refractivity contribution is 0.0767. The molecule has 1 fully saturated rings. The van der Waals surface area contributed by atoms with Crippen LogP contribution in [0, 0.1) is 5.82 Å². The van der Waals surface area contributed by atoms with Crippen LogP contribution < -0.4 is 4.90 Å². The smallest absolute Gasteiger partial charge is 0.254 e. The average Bonchev–Trinajstić information content (AvgIpc) is 2.81. The van der Waals surface area contributed by atoms with Crippen molar-refractivity contribution >= 4 is 11.7 Å². The van der Waals surface area contributed by atoms with E-state index in [0.29, 0.717) is 37.6 Å². The van der Waals surface area contributed by atoms with E-state index in [1.54, 1.807) is 41.7 Å². The van der Waals surface area contributed by atoms with E-state index >= 15 is 0 Å². The van der Waals surface area contributed by atoms with Crippen LogP contribution in [0.5, 0.6) is 0 Å². The van der Waals surface area contributed by atoms with Crippen molar-refractivity contribution in [3.05, 3.63) is 54.2 Å². The van der Waals surface area contributed by atoms with E-state index in [0.717, 1.165) is 6.42 Å². The Morgan fingerprint density at radius 1 is 1.05 bits per heavy atom. The monoisotopic (exact) mass is 300 g/mol. The van der Waals surface area contributed by atoms with Crippen molar-refractivity contribution in [2.45, 2.75) is 6.42 Å². The summed E-state index contributed by atoms with van der Waals surface area (Å²) < 4.78 is 13.8. The number of halogens is 1. The molecule has 0 N–H and O–H groups in total. The molecule has 0 aromatic carbocycles. The van der Waals surface area contributed by atoms with E-state index in [1.807, 2.05) is 4.90 Å². The van der Waals surface area contributed by atoms with Crippen molar-refractivity contribution in [1.29, 1.82) is 0 Å². The number of rotatable bonds is 2. The molecule has 1 saturated heterocycles. The van der Waals surface area contributed by atoms with Crippen LogP contribution in [0.2, 0.25) is 0 Å². The van der Waals surface area contributed by atoms with Gasteiger partial charge in [-0.25, -0.2) is 9.37 Å². The zero-order valence-corrected chi connectivity index (χ0v) is 12.2. The summed E-state index contributed by atoms with van der Waals surface area (Å²) in [5.74, 6) is 0.0304. The molecule has 0 spiro atoms. The number of anilines is 1. The molecule has 6 heteroatoms. The van der Waals surface area contributed by atoms with Crippen LogP contribution in [0.1, 0.15) is 16.8 Å². The van der Waals surface area contributed by atoms with E-state index in [-0.39, 0.29) is 11.7 Å². The molecule has 0 atom stereocenters. The zero-order valence-electron chi connectivity index (χ0n) is 12.2. The molecule has 0 radical (unpaired) electrons. The third-order valence-corrected chi connectivity index (χ3v) is 3.75. The molecule has 3 heterocycles. The first kappa shape index (κ1) is 14.4. The van der Waals surface area contributed by atoms with Gasteiger partial charge in [0.25, 0.3) is 5.91 Å². The van der Waals surface area contributed by atoms with Gasteiger partial charge in [-0.1, -0.05) is 0 Å². The molecule has 0 aliphatic carbocycles. The van der Waals surface area contributed by atoms with Gasteiger partial charge in [-0.3, -0.25) is 9.78 Å². The molecule has 2 aromatic heterocycles. The number of hydrogen-bond acceptors (Lipinski definition) is 4. The van der Waals surface area contributed by atoms with Crippen LogP contribution in [0.15, 0.2) is 42.9 Å². The molecule has 0 unspecified atom stereocenters. The zero-order chi connectivity index (χ0) is 15.4. The van der Waals surface area contributed by atoms with Crippen LogP contribution in [-0.2, 0) is 0 Å². The standard InChI is InChI=1S/C16H17FN4O/c17-14-3-1-6-19-15(14)20-9-2-10-21(12-11-20)16(22)13-4-7-18-8-5-13/h1,3-8H,2,9-12H2. The Bertz CT molecular complexity index is 650. The van der Waals surface area contributed by atoms with Crippen LogP contribution in [0.4, 0.5) is 10.2 Å². The molecule has 0 saturated carbocycles. The maximum atomic E-state index is 13.8. The molecule has 114 valence electrons. The molecule has 1 aliphatic heterocycles. The quantitative estimate of drug-likeness (QED) is 0.851. The average molecular weight is 300 g/mol. The van der Waals surface area contributed by atoms with Crippen molar-refractivity contribution in [1.82, 2.24) is 14.9 Å². The largest absolute Gasteiger partial charge is 0.352 e. The normalized spacial score (nSPS) is 15.5. The van der Waals surface area contributed by atoms with Crippen molar-refractivity contribution in [2.24, 2.45) is 0 Å². The second-order valence-corrected chi connectivity index (χ2v) is 5.18. The van der Waals surface area contributed by atoms with Crippen LogP contribution in [0.25, 0.3) is 0 Å². The van der Waals surface area contributed by atoms with Crippen LogP contribution in [-0.4, -0.2) is 47.0 Å². The SMILES string of the molecule is O=C(c1ccncc1)N1CCCN(c2ncccc2F)CC1. The third-order valence-electron chi connectivity index (χ3n) is 3.75. The van der Waals surface area contributed by atoms with Gasteiger partial charge >= 0.3 is 0 Å². The number of nitrogens with zero attached hydrogens (tertiary/aromatic N) is 4. The fourth-order valence-corrected chi connectivity index (χ4v) is 2.62. The van der Waals surface area contributed by atoms with Gasteiger partial charge in [-0.15, -0.1) is 0 Å². The van der Waals surface area contributed by atoms with Crippen molar-refractivity contribution in [2.75, 3.05) is 31.1 Å². The first-order valence-electron chi connectivity index (χ1n) is 7.30.